The van der Waals surface area contributed by atoms with Gasteiger partial charge in [0.15, 0.2) is 23.1 Å². The largest absolute Gasteiger partial charge is 0.435 e. The molecule has 8 aromatic carbocycles. The Hall–Kier alpha value is -6.98. The van der Waals surface area contributed by atoms with Gasteiger partial charge in [-0.3, -0.25) is 0 Å². The standard InChI is InChI=1S/C49H32N4O/c1-49(2)38-18-10-9-16-36(38)43-37(17-11-19-39(43)49)47-52-45(31-12-5-3-6-13-31)51-46(53-47)34-24-26-35-33(28-34)23-22-29-20-21-30-25-27-40-44(42(30)41(29)35)54-48(50-40)32-14-7-4-8-15-32/h3-28H,1-2H3. The highest BCUT2D eigenvalue weighted by Crippen LogP contribution is 2.51. The Kier molecular flexibility index (Phi) is 6.53. The third-order valence-corrected chi connectivity index (χ3v) is 11.1. The van der Waals surface area contributed by atoms with Crippen LogP contribution in [-0.2, 0) is 5.41 Å². The van der Waals surface area contributed by atoms with Crippen LogP contribution in [0.1, 0.15) is 25.0 Å². The van der Waals surface area contributed by atoms with Gasteiger partial charge in [-0.15, -0.1) is 0 Å². The Morgan fingerprint density at radius 3 is 1.85 bits per heavy atom. The van der Waals surface area contributed by atoms with Crippen molar-refractivity contribution in [2.45, 2.75) is 19.3 Å². The smallest absolute Gasteiger partial charge is 0.227 e. The first-order valence-electron chi connectivity index (χ1n) is 18.3. The molecule has 0 saturated heterocycles. The van der Waals surface area contributed by atoms with Gasteiger partial charge in [-0.1, -0.05) is 147 Å². The van der Waals surface area contributed by atoms with E-state index < -0.39 is 0 Å². The van der Waals surface area contributed by atoms with E-state index in [4.69, 9.17) is 24.4 Å². The molecule has 0 saturated carbocycles. The Morgan fingerprint density at radius 1 is 0.444 bits per heavy atom. The molecule has 0 spiro atoms. The molecule has 54 heavy (non-hydrogen) atoms. The molecule has 254 valence electrons. The fraction of sp³-hybridized carbons (Fsp3) is 0.0612. The number of fused-ring (bicyclic) bond motifs is 10. The molecule has 0 atom stereocenters. The molecule has 10 aromatic rings. The molecule has 0 aliphatic heterocycles. The zero-order valence-electron chi connectivity index (χ0n) is 29.7. The first-order valence-corrected chi connectivity index (χ1v) is 18.3. The van der Waals surface area contributed by atoms with Crippen LogP contribution in [0.3, 0.4) is 0 Å². The summed E-state index contributed by atoms with van der Waals surface area (Å²) < 4.78 is 6.56. The van der Waals surface area contributed by atoms with E-state index in [0.717, 1.165) is 65.7 Å². The fourth-order valence-electron chi connectivity index (χ4n) is 8.47. The van der Waals surface area contributed by atoms with Gasteiger partial charge in [-0.25, -0.2) is 19.9 Å². The average Bonchev–Trinajstić information content (AvgIpc) is 3.77. The summed E-state index contributed by atoms with van der Waals surface area (Å²) in [6.45, 7) is 4.60. The van der Waals surface area contributed by atoms with Crippen LogP contribution in [-0.4, -0.2) is 19.9 Å². The van der Waals surface area contributed by atoms with Crippen molar-refractivity contribution in [1.29, 1.82) is 0 Å². The molecule has 0 unspecified atom stereocenters. The molecule has 5 heteroatoms. The van der Waals surface area contributed by atoms with Crippen molar-refractivity contribution in [3.63, 3.8) is 0 Å². The van der Waals surface area contributed by atoms with Crippen LogP contribution >= 0.6 is 0 Å². The molecule has 0 fully saturated rings. The van der Waals surface area contributed by atoms with Gasteiger partial charge in [0.1, 0.15) is 5.52 Å². The van der Waals surface area contributed by atoms with Crippen molar-refractivity contribution in [1.82, 2.24) is 19.9 Å². The molecule has 1 aliphatic rings. The molecule has 2 heterocycles. The predicted octanol–water partition coefficient (Wildman–Crippen LogP) is 12.4. The third kappa shape index (κ3) is 4.58. The van der Waals surface area contributed by atoms with Crippen molar-refractivity contribution in [2.75, 3.05) is 0 Å². The van der Waals surface area contributed by atoms with E-state index in [0.29, 0.717) is 23.4 Å². The second-order valence-electron chi connectivity index (χ2n) is 14.6. The number of benzene rings is 8. The highest BCUT2D eigenvalue weighted by atomic mass is 16.3. The van der Waals surface area contributed by atoms with Gasteiger partial charge in [-0.2, -0.15) is 0 Å². The topological polar surface area (TPSA) is 64.7 Å². The van der Waals surface area contributed by atoms with E-state index >= 15 is 0 Å². The Morgan fingerprint density at radius 2 is 1.06 bits per heavy atom. The third-order valence-electron chi connectivity index (χ3n) is 11.1. The van der Waals surface area contributed by atoms with Crippen LogP contribution in [0.25, 0.3) is 100 Å². The van der Waals surface area contributed by atoms with E-state index in [9.17, 15) is 0 Å². The van der Waals surface area contributed by atoms with Crippen LogP contribution in [0, 0.1) is 0 Å². The summed E-state index contributed by atoms with van der Waals surface area (Å²) in [5.74, 6) is 2.56. The highest BCUT2D eigenvalue weighted by Gasteiger charge is 2.37. The lowest BCUT2D eigenvalue weighted by Gasteiger charge is -2.21. The summed E-state index contributed by atoms with van der Waals surface area (Å²) >= 11 is 0. The van der Waals surface area contributed by atoms with Crippen molar-refractivity contribution in [3.05, 3.63) is 169 Å². The molecule has 0 N–H and O–H groups in total. The van der Waals surface area contributed by atoms with E-state index in [1.54, 1.807) is 0 Å². The minimum atomic E-state index is -0.133. The van der Waals surface area contributed by atoms with Crippen molar-refractivity contribution in [3.8, 4) is 56.7 Å². The van der Waals surface area contributed by atoms with Crippen LogP contribution in [0.4, 0.5) is 0 Å². The summed E-state index contributed by atoms with van der Waals surface area (Å²) in [5.41, 5.74) is 10.4. The van der Waals surface area contributed by atoms with Gasteiger partial charge >= 0.3 is 0 Å². The number of oxazole rings is 1. The average molecular weight is 693 g/mol. The van der Waals surface area contributed by atoms with Crippen molar-refractivity contribution in [2.24, 2.45) is 0 Å². The molecule has 5 nitrogen and oxygen atoms in total. The minimum absolute atomic E-state index is 0.133. The number of rotatable bonds is 4. The van der Waals surface area contributed by atoms with E-state index in [1.165, 1.54) is 22.3 Å². The monoisotopic (exact) mass is 692 g/mol. The highest BCUT2D eigenvalue weighted by molar-refractivity contribution is 6.26. The number of hydrogen-bond donors (Lipinski definition) is 0. The fourth-order valence-corrected chi connectivity index (χ4v) is 8.47. The van der Waals surface area contributed by atoms with E-state index in [1.807, 2.05) is 54.6 Å². The van der Waals surface area contributed by atoms with Gasteiger partial charge in [0, 0.05) is 38.4 Å². The zero-order valence-corrected chi connectivity index (χ0v) is 29.7. The first kappa shape index (κ1) is 30.6. The van der Waals surface area contributed by atoms with Crippen molar-refractivity contribution < 1.29 is 4.42 Å². The van der Waals surface area contributed by atoms with Crippen LogP contribution < -0.4 is 0 Å². The number of hydrogen-bond acceptors (Lipinski definition) is 5. The van der Waals surface area contributed by atoms with Gasteiger partial charge < -0.3 is 4.42 Å². The molecule has 2 aromatic heterocycles. The van der Waals surface area contributed by atoms with Gasteiger partial charge in [0.2, 0.25) is 5.89 Å². The number of aromatic nitrogens is 4. The van der Waals surface area contributed by atoms with Gasteiger partial charge in [0.25, 0.3) is 0 Å². The quantitative estimate of drug-likeness (QED) is 0.172. The second kappa shape index (κ2) is 11.5. The second-order valence-corrected chi connectivity index (χ2v) is 14.6. The van der Waals surface area contributed by atoms with Crippen LogP contribution in [0.5, 0.6) is 0 Å². The summed E-state index contributed by atoms with van der Waals surface area (Å²) in [4.78, 5) is 20.4. The maximum absolute atomic E-state index is 6.56. The lowest BCUT2D eigenvalue weighted by Crippen LogP contribution is -2.14. The van der Waals surface area contributed by atoms with E-state index in [-0.39, 0.29) is 5.41 Å². The summed E-state index contributed by atoms with van der Waals surface area (Å²) in [6, 6.07) is 54.9. The van der Waals surface area contributed by atoms with E-state index in [2.05, 4.69) is 117 Å². The maximum atomic E-state index is 6.56. The van der Waals surface area contributed by atoms with Crippen molar-refractivity contribution >= 4 is 43.4 Å². The molecular weight excluding hydrogens is 661 g/mol. The maximum Gasteiger partial charge on any atom is 0.227 e. The molecule has 0 radical (unpaired) electrons. The van der Waals surface area contributed by atoms with Crippen LogP contribution in [0.2, 0.25) is 0 Å². The summed E-state index contributed by atoms with van der Waals surface area (Å²) in [6.07, 6.45) is 0. The Labute approximate surface area is 311 Å². The predicted molar refractivity (Wildman–Crippen MR) is 219 cm³/mol. The molecule has 0 amide bonds. The summed E-state index contributed by atoms with van der Waals surface area (Å²) in [7, 11) is 0. The normalized spacial score (nSPS) is 13.1. The lowest BCUT2D eigenvalue weighted by molar-refractivity contribution is 0.623. The lowest BCUT2D eigenvalue weighted by atomic mass is 9.82. The van der Waals surface area contributed by atoms with Crippen LogP contribution in [0.15, 0.2) is 162 Å². The zero-order chi connectivity index (χ0) is 36.0. The first-order chi connectivity index (χ1) is 26.5. The Bertz CT molecular complexity index is 3130. The molecule has 1 aliphatic carbocycles. The minimum Gasteiger partial charge on any atom is -0.435 e. The SMILES string of the molecule is CC1(C)c2ccccc2-c2c(-c3nc(-c4ccccc4)nc(-c4ccc5c(ccc6ccc7ccc8nc(-c9ccccc9)oc8c7c65)c4)n3)cccc21. The number of nitrogens with zero attached hydrogens (tertiary/aromatic N) is 4. The van der Waals surface area contributed by atoms with Gasteiger partial charge in [-0.05, 0) is 68.1 Å². The molecule has 11 rings (SSSR count). The summed E-state index contributed by atoms with van der Waals surface area (Å²) in [5, 5.41) is 6.67. The van der Waals surface area contributed by atoms with Gasteiger partial charge in [0.05, 0.1) is 0 Å². The molecule has 0 bridgehead atoms. The Balaban J connectivity index is 1.12. The molecular formula is C49H32N4O.